The van der Waals surface area contributed by atoms with Gasteiger partial charge in [-0.05, 0) is 24.3 Å². The van der Waals surface area contributed by atoms with E-state index in [0.717, 1.165) is 6.07 Å². The molecule has 0 saturated carbocycles. The molecule has 2 rings (SSSR count). The number of benzene rings is 2. The highest BCUT2D eigenvalue weighted by molar-refractivity contribution is 5.92. The minimum Gasteiger partial charge on any atom is -0.484 e. The average Bonchev–Trinajstić information content (AvgIpc) is 2.42. The van der Waals surface area contributed by atoms with Crippen molar-refractivity contribution in [3.63, 3.8) is 0 Å². The Labute approximate surface area is 114 Å². The molecule has 1 amide bonds. The zero-order valence-electron chi connectivity index (χ0n) is 10.4. The molecule has 0 aliphatic heterocycles. The van der Waals surface area contributed by atoms with Crippen LogP contribution in [-0.4, -0.2) is 12.5 Å². The van der Waals surface area contributed by atoms with Crippen molar-refractivity contribution in [3.8, 4) is 5.75 Å². The maximum absolute atomic E-state index is 13.3. The Kier molecular flexibility index (Phi) is 4.14. The van der Waals surface area contributed by atoms with Gasteiger partial charge in [0.2, 0.25) is 0 Å². The molecule has 0 atom stereocenters. The lowest BCUT2D eigenvalue weighted by Gasteiger charge is -2.08. The van der Waals surface area contributed by atoms with Gasteiger partial charge in [0.15, 0.2) is 18.2 Å². The predicted molar refractivity (Wildman–Crippen MR) is 71.3 cm³/mol. The van der Waals surface area contributed by atoms with Gasteiger partial charge in [-0.1, -0.05) is 12.1 Å². The number of nitrogens with one attached hydrogen (secondary N) is 1. The monoisotopic (exact) mass is 278 g/mol. The van der Waals surface area contributed by atoms with Crippen LogP contribution in [0.1, 0.15) is 0 Å². The summed E-state index contributed by atoms with van der Waals surface area (Å²) in [6, 6.07) is 10.1. The van der Waals surface area contributed by atoms with Crippen LogP contribution in [0.25, 0.3) is 0 Å². The van der Waals surface area contributed by atoms with Gasteiger partial charge in [-0.3, -0.25) is 4.79 Å². The molecule has 0 heterocycles. The second-order valence-electron chi connectivity index (χ2n) is 4.01. The first-order chi connectivity index (χ1) is 9.56. The Bertz CT molecular complexity index is 632. The number of hydrogen-bond donors (Lipinski definition) is 2. The summed E-state index contributed by atoms with van der Waals surface area (Å²) in [7, 11) is 0. The van der Waals surface area contributed by atoms with Gasteiger partial charge in [0.25, 0.3) is 5.91 Å². The number of carbonyl (C=O) groups is 1. The van der Waals surface area contributed by atoms with Crippen molar-refractivity contribution in [1.29, 1.82) is 0 Å². The van der Waals surface area contributed by atoms with Crippen LogP contribution in [-0.2, 0) is 4.79 Å². The first kappa shape index (κ1) is 13.8. The fourth-order valence-corrected chi connectivity index (χ4v) is 1.54. The van der Waals surface area contributed by atoms with Crippen molar-refractivity contribution < 1.29 is 18.3 Å². The van der Waals surface area contributed by atoms with Crippen LogP contribution >= 0.6 is 0 Å². The molecule has 0 unspecified atom stereocenters. The second-order valence-corrected chi connectivity index (χ2v) is 4.01. The summed E-state index contributed by atoms with van der Waals surface area (Å²) >= 11 is 0. The Morgan fingerprint density at radius 2 is 1.95 bits per heavy atom. The zero-order valence-corrected chi connectivity index (χ0v) is 10.4. The van der Waals surface area contributed by atoms with Gasteiger partial charge >= 0.3 is 0 Å². The summed E-state index contributed by atoms with van der Waals surface area (Å²) in [5.41, 5.74) is 5.82. The summed E-state index contributed by atoms with van der Waals surface area (Å²) in [6.45, 7) is -0.334. The van der Waals surface area contributed by atoms with Crippen LogP contribution in [0.3, 0.4) is 0 Å². The Balaban J connectivity index is 1.94. The lowest BCUT2D eigenvalue weighted by Crippen LogP contribution is -2.21. The van der Waals surface area contributed by atoms with Crippen LogP contribution in [0.5, 0.6) is 5.75 Å². The minimum atomic E-state index is -1.11. The first-order valence-electron chi connectivity index (χ1n) is 5.78. The third-order valence-electron chi connectivity index (χ3n) is 2.45. The van der Waals surface area contributed by atoms with E-state index in [4.69, 9.17) is 10.5 Å². The van der Waals surface area contributed by atoms with Gasteiger partial charge in [0, 0.05) is 11.8 Å². The number of nitrogen functional groups attached to an aromatic ring is 1. The highest BCUT2D eigenvalue weighted by atomic mass is 19.2. The fourth-order valence-electron chi connectivity index (χ4n) is 1.54. The van der Waals surface area contributed by atoms with Gasteiger partial charge < -0.3 is 15.8 Å². The molecule has 0 spiro atoms. The quantitative estimate of drug-likeness (QED) is 0.845. The number of carbonyl (C=O) groups excluding carboxylic acids is 1. The third-order valence-corrected chi connectivity index (χ3v) is 2.45. The zero-order chi connectivity index (χ0) is 14.5. The Morgan fingerprint density at radius 3 is 2.70 bits per heavy atom. The molecule has 3 N–H and O–H groups in total. The smallest absolute Gasteiger partial charge is 0.262 e. The standard InChI is InChI=1S/C14H12F2N2O2/c15-11-5-2-6-12(14(11)16)18-13(19)8-20-10-4-1-3-9(17)7-10/h1-7H,8,17H2,(H,18,19). The van der Waals surface area contributed by atoms with Crippen LogP contribution in [0.15, 0.2) is 42.5 Å². The highest BCUT2D eigenvalue weighted by Crippen LogP contribution is 2.17. The van der Waals surface area contributed by atoms with E-state index < -0.39 is 17.5 Å². The van der Waals surface area contributed by atoms with Crippen LogP contribution < -0.4 is 15.8 Å². The lowest BCUT2D eigenvalue weighted by molar-refractivity contribution is -0.118. The van der Waals surface area contributed by atoms with E-state index in [-0.39, 0.29) is 12.3 Å². The molecule has 0 fully saturated rings. The molecular weight excluding hydrogens is 266 g/mol. The topological polar surface area (TPSA) is 64.3 Å². The molecule has 20 heavy (non-hydrogen) atoms. The van der Waals surface area contributed by atoms with E-state index in [2.05, 4.69) is 5.32 Å². The third kappa shape index (κ3) is 3.44. The van der Waals surface area contributed by atoms with Crippen molar-refractivity contribution in [3.05, 3.63) is 54.1 Å². The van der Waals surface area contributed by atoms with E-state index in [1.54, 1.807) is 24.3 Å². The highest BCUT2D eigenvalue weighted by Gasteiger charge is 2.11. The van der Waals surface area contributed by atoms with Crippen molar-refractivity contribution >= 4 is 17.3 Å². The van der Waals surface area contributed by atoms with E-state index in [1.807, 2.05) is 0 Å². The molecule has 0 aromatic heterocycles. The molecular formula is C14H12F2N2O2. The van der Waals surface area contributed by atoms with Crippen LogP contribution in [0.4, 0.5) is 20.2 Å². The maximum atomic E-state index is 13.3. The Morgan fingerprint density at radius 1 is 1.20 bits per heavy atom. The Hall–Kier alpha value is -2.63. The molecule has 6 heteroatoms. The number of nitrogens with two attached hydrogens (primary N) is 1. The summed E-state index contributed by atoms with van der Waals surface area (Å²) in [4.78, 5) is 11.6. The molecule has 104 valence electrons. The molecule has 4 nitrogen and oxygen atoms in total. The van der Waals surface area contributed by atoms with Crippen LogP contribution in [0, 0.1) is 11.6 Å². The molecule has 2 aromatic carbocycles. The van der Waals surface area contributed by atoms with Gasteiger partial charge in [0.05, 0.1) is 5.69 Å². The summed E-state index contributed by atoms with van der Waals surface area (Å²) < 4.78 is 31.5. The molecule has 0 aliphatic rings. The van der Waals surface area contributed by atoms with Crippen molar-refractivity contribution in [2.75, 3.05) is 17.7 Å². The predicted octanol–water partition coefficient (Wildman–Crippen LogP) is 2.56. The second kappa shape index (κ2) is 6.01. The number of hydrogen-bond acceptors (Lipinski definition) is 3. The summed E-state index contributed by atoms with van der Waals surface area (Å²) in [5.74, 6) is -2.32. The minimum absolute atomic E-state index is 0.230. The molecule has 0 radical (unpaired) electrons. The van der Waals surface area contributed by atoms with E-state index >= 15 is 0 Å². The van der Waals surface area contributed by atoms with Crippen LogP contribution in [0.2, 0.25) is 0 Å². The van der Waals surface area contributed by atoms with Gasteiger partial charge in [-0.25, -0.2) is 8.78 Å². The number of ether oxygens (including phenoxy) is 1. The van der Waals surface area contributed by atoms with Gasteiger partial charge in [0.1, 0.15) is 5.75 Å². The lowest BCUT2D eigenvalue weighted by atomic mass is 10.3. The largest absolute Gasteiger partial charge is 0.484 e. The SMILES string of the molecule is Nc1cccc(OCC(=O)Nc2cccc(F)c2F)c1. The summed E-state index contributed by atoms with van der Waals surface area (Å²) in [6.07, 6.45) is 0. The maximum Gasteiger partial charge on any atom is 0.262 e. The van der Waals surface area contributed by atoms with Crippen molar-refractivity contribution in [2.24, 2.45) is 0 Å². The number of halogens is 2. The van der Waals surface area contributed by atoms with Gasteiger partial charge in [-0.2, -0.15) is 0 Å². The van der Waals surface area contributed by atoms with E-state index in [9.17, 15) is 13.6 Å². The molecule has 0 bridgehead atoms. The van der Waals surface area contributed by atoms with E-state index in [0.29, 0.717) is 11.4 Å². The van der Waals surface area contributed by atoms with E-state index in [1.165, 1.54) is 12.1 Å². The number of amides is 1. The van der Waals surface area contributed by atoms with Crippen molar-refractivity contribution in [1.82, 2.24) is 0 Å². The molecule has 2 aromatic rings. The number of anilines is 2. The van der Waals surface area contributed by atoms with Gasteiger partial charge in [-0.15, -0.1) is 0 Å². The normalized spacial score (nSPS) is 10.1. The average molecular weight is 278 g/mol. The number of rotatable bonds is 4. The fraction of sp³-hybridized carbons (Fsp3) is 0.0714. The molecule has 0 aliphatic carbocycles. The first-order valence-corrected chi connectivity index (χ1v) is 5.78. The van der Waals surface area contributed by atoms with Crippen molar-refractivity contribution in [2.45, 2.75) is 0 Å². The molecule has 0 saturated heterocycles. The summed E-state index contributed by atoms with van der Waals surface area (Å²) in [5, 5.41) is 2.23.